The van der Waals surface area contributed by atoms with E-state index < -0.39 is 5.97 Å². The highest BCUT2D eigenvalue weighted by Gasteiger charge is 2.14. The number of carboxylic acid groups (broad SMARTS) is 1. The predicted molar refractivity (Wildman–Crippen MR) is 70.2 cm³/mol. The van der Waals surface area contributed by atoms with Crippen molar-refractivity contribution in [2.24, 2.45) is 0 Å². The van der Waals surface area contributed by atoms with Crippen LogP contribution in [0.5, 0.6) is 0 Å². The fourth-order valence-electron chi connectivity index (χ4n) is 1.63. The lowest BCUT2D eigenvalue weighted by Crippen LogP contribution is -2.35. The largest absolute Gasteiger partial charge is 0.481 e. The number of hydrogen-bond acceptors (Lipinski definition) is 4. The van der Waals surface area contributed by atoms with Gasteiger partial charge in [0.15, 0.2) is 5.76 Å². The Bertz CT molecular complexity index is 455. The second-order valence-electron chi connectivity index (χ2n) is 4.10. The lowest BCUT2D eigenvalue weighted by molar-refractivity contribution is -0.138. The number of amides is 2. The minimum Gasteiger partial charge on any atom is -0.481 e. The Morgan fingerprint density at radius 2 is 2.10 bits per heavy atom. The van der Waals surface area contributed by atoms with Crippen molar-refractivity contribution in [1.82, 2.24) is 10.2 Å². The van der Waals surface area contributed by atoms with Crippen LogP contribution in [-0.4, -0.2) is 47.4 Å². The van der Waals surface area contributed by atoms with Crippen LogP contribution in [0.3, 0.4) is 0 Å². The molecule has 0 bridgehead atoms. The maximum atomic E-state index is 11.8. The summed E-state index contributed by atoms with van der Waals surface area (Å²) < 4.78 is 4.91. The number of nitrogens with one attached hydrogen (secondary N) is 1. The molecule has 1 heterocycles. The molecule has 0 atom stereocenters. The molecule has 2 N–H and O–H groups in total. The first-order chi connectivity index (χ1) is 9.54. The topological polar surface area (TPSA) is 99.9 Å². The van der Waals surface area contributed by atoms with Gasteiger partial charge in [0.2, 0.25) is 5.91 Å². The van der Waals surface area contributed by atoms with Gasteiger partial charge in [-0.05, 0) is 19.1 Å². The first-order valence-electron chi connectivity index (χ1n) is 6.35. The summed E-state index contributed by atoms with van der Waals surface area (Å²) in [7, 11) is 0. The Morgan fingerprint density at radius 1 is 1.35 bits per heavy atom. The molecule has 0 saturated carbocycles. The molecule has 110 valence electrons. The molecule has 20 heavy (non-hydrogen) atoms. The molecule has 7 heteroatoms. The summed E-state index contributed by atoms with van der Waals surface area (Å²) in [6.45, 7) is 2.58. The lowest BCUT2D eigenvalue weighted by atomic mass is 10.3. The molecule has 7 nitrogen and oxygen atoms in total. The number of nitrogens with zero attached hydrogens (tertiary/aromatic N) is 1. The van der Waals surface area contributed by atoms with Crippen LogP contribution in [0.15, 0.2) is 22.8 Å². The van der Waals surface area contributed by atoms with Crippen LogP contribution in [0.2, 0.25) is 0 Å². The van der Waals surface area contributed by atoms with Crippen LogP contribution >= 0.6 is 0 Å². The van der Waals surface area contributed by atoms with E-state index in [0.29, 0.717) is 6.54 Å². The van der Waals surface area contributed by atoms with Crippen molar-refractivity contribution in [1.29, 1.82) is 0 Å². The van der Waals surface area contributed by atoms with Crippen LogP contribution in [-0.2, 0) is 9.59 Å². The van der Waals surface area contributed by atoms with Gasteiger partial charge >= 0.3 is 5.97 Å². The molecule has 1 aromatic heterocycles. The van der Waals surface area contributed by atoms with E-state index >= 15 is 0 Å². The van der Waals surface area contributed by atoms with Crippen LogP contribution < -0.4 is 5.32 Å². The Kier molecular flexibility index (Phi) is 6.28. The van der Waals surface area contributed by atoms with Gasteiger partial charge in [0.25, 0.3) is 5.91 Å². The molecular formula is C13H18N2O5. The molecule has 0 aliphatic rings. The van der Waals surface area contributed by atoms with Gasteiger partial charge in [-0.3, -0.25) is 14.4 Å². The van der Waals surface area contributed by atoms with Gasteiger partial charge in [-0.15, -0.1) is 0 Å². The molecule has 0 fully saturated rings. The third kappa shape index (κ3) is 5.13. The highest BCUT2D eigenvalue weighted by atomic mass is 16.4. The summed E-state index contributed by atoms with van der Waals surface area (Å²) in [5.41, 5.74) is 0. The van der Waals surface area contributed by atoms with E-state index in [1.807, 2.05) is 0 Å². The van der Waals surface area contributed by atoms with Crippen LogP contribution in [0.25, 0.3) is 0 Å². The smallest absolute Gasteiger partial charge is 0.305 e. The van der Waals surface area contributed by atoms with Crippen LogP contribution in [0, 0.1) is 0 Å². The van der Waals surface area contributed by atoms with E-state index in [1.54, 1.807) is 13.0 Å². The minimum atomic E-state index is -0.942. The van der Waals surface area contributed by atoms with E-state index in [2.05, 4.69) is 5.32 Å². The number of aliphatic carboxylic acids is 1. The van der Waals surface area contributed by atoms with Gasteiger partial charge in [-0.1, -0.05) is 0 Å². The van der Waals surface area contributed by atoms with E-state index in [4.69, 9.17) is 9.52 Å². The van der Waals surface area contributed by atoms with Crippen molar-refractivity contribution in [3.8, 4) is 0 Å². The van der Waals surface area contributed by atoms with Crippen molar-refractivity contribution in [3.63, 3.8) is 0 Å². The van der Waals surface area contributed by atoms with Gasteiger partial charge in [0.05, 0.1) is 12.7 Å². The zero-order valence-corrected chi connectivity index (χ0v) is 11.3. The lowest BCUT2D eigenvalue weighted by Gasteiger charge is -2.19. The minimum absolute atomic E-state index is 0.0850. The van der Waals surface area contributed by atoms with Crippen molar-refractivity contribution in [3.05, 3.63) is 24.2 Å². The molecule has 1 aromatic rings. The molecular weight excluding hydrogens is 264 g/mol. The monoisotopic (exact) mass is 282 g/mol. The fourth-order valence-corrected chi connectivity index (χ4v) is 1.63. The van der Waals surface area contributed by atoms with Crippen molar-refractivity contribution >= 4 is 17.8 Å². The maximum Gasteiger partial charge on any atom is 0.305 e. The average Bonchev–Trinajstić information content (AvgIpc) is 2.93. The molecule has 0 radical (unpaired) electrons. The number of carboxylic acids is 1. The highest BCUT2D eigenvalue weighted by Crippen LogP contribution is 2.00. The molecule has 0 aliphatic heterocycles. The first-order valence-corrected chi connectivity index (χ1v) is 6.35. The summed E-state index contributed by atoms with van der Waals surface area (Å²) in [6, 6.07) is 3.13. The third-order valence-corrected chi connectivity index (χ3v) is 2.70. The zero-order chi connectivity index (χ0) is 15.0. The number of carbonyl (C=O) groups is 3. The number of rotatable bonds is 8. The number of hydrogen-bond donors (Lipinski definition) is 2. The van der Waals surface area contributed by atoms with E-state index in [0.717, 1.165) is 0 Å². The fraction of sp³-hybridized carbons (Fsp3) is 0.462. The summed E-state index contributed by atoms with van der Waals surface area (Å²) in [4.78, 5) is 35.3. The Hall–Kier alpha value is -2.31. The molecule has 0 saturated heterocycles. The van der Waals surface area contributed by atoms with Gasteiger partial charge in [-0.25, -0.2) is 0 Å². The molecule has 1 rings (SSSR count). The average molecular weight is 282 g/mol. The standard InChI is InChI=1S/C13H18N2O5/c1-2-15(8-6-12(17)18)11(16)5-7-14-13(19)10-4-3-9-20-10/h3-4,9H,2,5-8H2,1H3,(H,14,19)(H,17,18). The second-order valence-corrected chi connectivity index (χ2v) is 4.10. The molecule has 0 aromatic carbocycles. The van der Waals surface area contributed by atoms with E-state index in [-0.39, 0.29) is 43.5 Å². The molecule has 0 aliphatic carbocycles. The first kappa shape index (κ1) is 15.7. The summed E-state index contributed by atoms with van der Waals surface area (Å²) >= 11 is 0. The normalized spacial score (nSPS) is 10.1. The zero-order valence-electron chi connectivity index (χ0n) is 11.3. The summed E-state index contributed by atoms with van der Waals surface area (Å²) in [5.74, 6) is -1.32. The number of furan rings is 1. The number of carbonyl (C=O) groups excluding carboxylic acids is 2. The summed E-state index contributed by atoms with van der Waals surface area (Å²) in [5, 5.41) is 11.2. The molecule has 0 unspecified atom stereocenters. The molecule has 0 spiro atoms. The van der Waals surface area contributed by atoms with Crippen LogP contribution in [0.4, 0.5) is 0 Å². The Balaban J connectivity index is 2.30. The second kappa shape index (κ2) is 7.98. The van der Waals surface area contributed by atoms with E-state index in [1.165, 1.54) is 17.2 Å². The van der Waals surface area contributed by atoms with Gasteiger partial charge in [0, 0.05) is 26.1 Å². The van der Waals surface area contributed by atoms with Gasteiger partial charge in [-0.2, -0.15) is 0 Å². The van der Waals surface area contributed by atoms with Crippen molar-refractivity contribution in [2.75, 3.05) is 19.6 Å². The Labute approximate surface area is 116 Å². The highest BCUT2D eigenvalue weighted by molar-refractivity contribution is 5.91. The van der Waals surface area contributed by atoms with E-state index in [9.17, 15) is 14.4 Å². The Morgan fingerprint density at radius 3 is 2.65 bits per heavy atom. The van der Waals surface area contributed by atoms with Crippen molar-refractivity contribution in [2.45, 2.75) is 19.8 Å². The van der Waals surface area contributed by atoms with Gasteiger partial charge in [0.1, 0.15) is 0 Å². The maximum absolute atomic E-state index is 11.8. The van der Waals surface area contributed by atoms with Gasteiger partial charge < -0.3 is 19.7 Å². The van der Waals surface area contributed by atoms with Crippen molar-refractivity contribution < 1.29 is 23.9 Å². The summed E-state index contributed by atoms with van der Waals surface area (Å²) in [6.07, 6.45) is 1.43. The third-order valence-electron chi connectivity index (χ3n) is 2.70. The quantitative estimate of drug-likeness (QED) is 0.732. The molecule has 2 amide bonds. The predicted octanol–water partition coefficient (Wildman–Crippen LogP) is 0.723. The SMILES string of the molecule is CCN(CCC(=O)O)C(=O)CCNC(=O)c1ccco1. The van der Waals surface area contributed by atoms with Crippen LogP contribution in [0.1, 0.15) is 30.3 Å².